The van der Waals surface area contributed by atoms with Crippen LogP contribution in [0.25, 0.3) is 0 Å². The van der Waals surface area contributed by atoms with E-state index in [1.165, 1.54) is 6.33 Å². The van der Waals surface area contributed by atoms with E-state index in [0.717, 1.165) is 0 Å². The fourth-order valence-corrected chi connectivity index (χ4v) is 1.22. The predicted molar refractivity (Wildman–Crippen MR) is 55.2 cm³/mol. The molecule has 0 bridgehead atoms. The molecule has 1 aromatic rings. The molecule has 6 N–H and O–H groups in total. The van der Waals surface area contributed by atoms with Crippen LogP contribution in [0.15, 0.2) is 10.8 Å². The molecule has 0 fully saturated rings. The molecule has 0 aromatic carbocycles. The number of anilines is 2. The van der Waals surface area contributed by atoms with Gasteiger partial charge in [0.1, 0.15) is 16.6 Å². The topological polar surface area (TPSA) is 119 Å². The van der Waals surface area contributed by atoms with Crippen LogP contribution in [0, 0.1) is 0 Å². The normalized spacial score (nSPS) is 9.57. The highest BCUT2D eigenvalue weighted by molar-refractivity contribution is 9.10. The summed E-state index contributed by atoms with van der Waals surface area (Å²) in [7, 11) is 0. The Hall–Kier alpha value is -1.41. The van der Waals surface area contributed by atoms with Gasteiger partial charge in [-0.05, 0) is 15.9 Å². The van der Waals surface area contributed by atoms with Crippen LogP contribution in [-0.2, 0) is 4.79 Å². The standard InChI is InChI=1S/C6H9BrN6O/c7-4-5(10-1-3(8)14)11-2-12-6(4)13-9/h2H,1,9H2,(H2,8,14)(H2,10,11,12,13). The van der Waals surface area contributed by atoms with E-state index in [1.54, 1.807) is 0 Å². The van der Waals surface area contributed by atoms with E-state index in [-0.39, 0.29) is 6.54 Å². The van der Waals surface area contributed by atoms with Gasteiger partial charge in [-0.1, -0.05) is 0 Å². The van der Waals surface area contributed by atoms with E-state index in [2.05, 4.69) is 36.6 Å². The van der Waals surface area contributed by atoms with Crippen LogP contribution in [0.4, 0.5) is 11.6 Å². The molecule has 7 nitrogen and oxygen atoms in total. The lowest BCUT2D eigenvalue weighted by Gasteiger charge is -2.07. The maximum atomic E-state index is 10.5. The van der Waals surface area contributed by atoms with Gasteiger partial charge in [0, 0.05) is 0 Å². The fourth-order valence-electron chi connectivity index (χ4n) is 0.765. The number of nitrogens with one attached hydrogen (secondary N) is 2. The smallest absolute Gasteiger partial charge is 0.236 e. The average molecular weight is 261 g/mol. The SMILES string of the molecule is NNc1ncnc(NCC(N)=O)c1Br. The van der Waals surface area contributed by atoms with Gasteiger partial charge in [-0.25, -0.2) is 15.8 Å². The zero-order valence-electron chi connectivity index (χ0n) is 7.12. The van der Waals surface area contributed by atoms with Gasteiger partial charge in [-0.3, -0.25) is 4.79 Å². The number of nitrogen functional groups attached to an aromatic ring is 1. The Kier molecular flexibility index (Phi) is 3.60. The van der Waals surface area contributed by atoms with Gasteiger partial charge in [0.2, 0.25) is 5.91 Å². The molecule has 0 aliphatic rings. The molecular weight excluding hydrogens is 252 g/mol. The number of nitrogens with zero attached hydrogens (tertiary/aromatic N) is 2. The Morgan fingerprint density at radius 2 is 2.14 bits per heavy atom. The van der Waals surface area contributed by atoms with Crippen LogP contribution in [0.2, 0.25) is 0 Å². The lowest BCUT2D eigenvalue weighted by Crippen LogP contribution is -2.22. The van der Waals surface area contributed by atoms with Crippen molar-refractivity contribution in [3.05, 3.63) is 10.8 Å². The summed E-state index contributed by atoms with van der Waals surface area (Å²) in [4.78, 5) is 18.2. The minimum Gasteiger partial charge on any atom is -0.368 e. The van der Waals surface area contributed by atoms with Gasteiger partial charge in [-0.2, -0.15) is 0 Å². The van der Waals surface area contributed by atoms with Crippen molar-refractivity contribution in [2.75, 3.05) is 17.3 Å². The molecule has 0 spiro atoms. The number of carbonyl (C=O) groups excluding carboxylic acids is 1. The summed E-state index contributed by atoms with van der Waals surface area (Å²) in [5, 5.41) is 2.72. The molecule has 0 aliphatic heterocycles. The Balaban J connectivity index is 2.81. The van der Waals surface area contributed by atoms with Crippen molar-refractivity contribution < 1.29 is 4.79 Å². The second-order valence-electron chi connectivity index (χ2n) is 2.35. The number of aromatic nitrogens is 2. The number of amides is 1. The Labute approximate surface area is 88.4 Å². The number of halogens is 1. The van der Waals surface area contributed by atoms with Crippen molar-refractivity contribution in [2.45, 2.75) is 0 Å². The maximum Gasteiger partial charge on any atom is 0.236 e. The zero-order valence-corrected chi connectivity index (χ0v) is 8.71. The van der Waals surface area contributed by atoms with Crippen LogP contribution in [0.1, 0.15) is 0 Å². The molecule has 1 rings (SSSR count). The first kappa shape index (κ1) is 10.7. The average Bonchev–Trinajstić information content (AvgIpc) is 2.16. The third-order valence-electron chi connectivity index (χ3n) is 1.36. The molecule has 1 heterocycles. The molecule has 8 heteroatoms. The highest BCUT2D eigenvalue weighted by Crippen LogP contribution is 2.25. The van der Waals surface area contributed by atoms with Crippen LogP contribution in [-0.4, -0.2) is 22.4 Å². The van der Waals surface area contributed by atoms with Gasteiger partial charge < -0.3 is 16.5 Å². The quantitative estimate of drug-likeness (QED) is 0.425. The Morgan fingerprint density at radius 3 is 2.71 bits per heavy atom. The van der Waals surface area contributed by atoms with E-state index in [0.29, 0.717) is 16.1 Å². The maximum absolute atomic E-state index is 10.5. The number of carbonyl (C=O) groups is 1. The summed E-state index contributed by atoms with van der Waals surface area (Å²) in [5.41, 5.74) is 7.33. The molecule has 0 unspecified atom stereocenters. The van der Waals surface area contributed by atoms with E-state index in [4.69, 9.17) is 11.6 Å². The number of nitrogens with two attached hydrogens (primary N) is 2. The number of hydrazine groups is 1. The summed E-state index contributed by atoms with van der Waals surface area (Å²) in [6.07, 6.45) is 1.31. The molecule has 0 radical (unpaired) electrons. The zero-order chi connectivity index (χ0) is 10.6. The van der Waals surface area contributed by atoms with Crippen LogP contribution in [0.5, 0.6) is 0 Å². The van der Waals surface area contributed by atoms with Crippen molar-refractivity contribution in [1.29, 1.82) is 0 Å². The van der Waals surface area contributed by atoms with Gasteiger partial charge in [0.25, 0.3) is 0 Å². The monoisotopic (exact) mass is 260 g/mol. The first-order chi connectivity index (χ1) is 6.65. The second kappa shape index (κ2) is 4.72. The van der Waals surface area contributed by atoms with Crippen LogP contribution >= 0.6 is 15.9 Å². The summed E-state index contributed by atoms with van der Waals surface area (Å²) in [6.45, 7) is -0.000372. The molecule has 0 atom stereocenters. The molecule has 0 saturated heterocycles. The van der Waals surface area contributed by atoms with Gasteiger partial charge >= 0.3 is 0 Å². The minimum absolute atomic E-state index is 0.000372. The molecule has 14 heavy (non-hydrogen) atoms. The molecule has 1 aromatic heterocycles. The van der Waals surface area contributed by atoms with E-state index in [1.807, 2.05) is 0 Å². The third kappa shape index (κ3) is 2.54. The molecule has 0 saturated carbocycles. The molecule has 76 valence electrons. The largest absolute Gasteiger partial charge is 0.368 e. The van der Waals surface area contributed by atoms with Gasteiger partial charge in [-0.15, -0.1) is 0 Å². The summed E-state index contributed by atoms with van der Waals surface area (Å²) in [6, 6.07) is 0. The van der Waals surface area contributed by atoms with Crippen molar-refractivity contribution in [3.63, 3.8) is 0 Å². The third-order valence-corrected chi connectivity index (χ3v) is 2.11. The number of rotatable bonds is 4. The van der Waals surface area contributed by atoms with Crippen molar-refractivity contribution in [3.8, 4) is 0 Å². The summed E-state index contributed by atoms with van der Waals surface area (Å²) in [5.74, 6) is 5.59. The van der Waals surface area contributed by atoms with Gasteiger partial charge in [0.15, 0.2) is 5.82 Å². The number of hydrogen-bond donors (Lipinski definition) is 4. The summed E-state index contributed by atoms with van der Waals surface area (Å²) >= 11 is 3.21. The van der Waals surface area contributed by atoms with Gasteiger partial charge in [0.05, 0.1) is 6.54 Å². The minimum atomic E-state index is -0.474. The van der Waals surface area contributed by atoms with E-state index in [9.17, 15) is 4.79 Å². The van der Waals surface area contributed by atoms with Crippen LogP contribution in [0.3, 0.4) is 0 Å². The molecule has 0 aliphatic carbocycles. The Morgan fingerprint density at radius 1 is 1.50 bits per heavy atom. The van der Waals surface area contributed by atoms with E-state index >= 15 is 0 Å². The molecular formula is C6H9BrN6O. The fraction of sp³-hybridized carbons (Fsp3) is 0.167. The first-order valence-corrected chi connectivity index (χ1v) is 4.43. The predicted octanol–water partition coefficient (Wildman–Crippen LogP) is -0.578. The van der Waals surface area contributed by atoms with Crippen molar-refractivity contribution in [2.24, 2.45) is 11.6 Å². The van der Waals surface area contributed by atoms with Crippen LogP contribution < -0.4 is 22.3 Å². The van der Waals surface area contributed by atoms with Crippen molar-refractivity contribution >= 4 is 33.5 Å². The lowest BCUT2D eigenvalue weighted by atomic mass is 10.5. The Bertz CT molecular complexity index is 343. The van der Waals surface area contributed by atoms with E-state index < -0.39 is 5.91 Å². The second-order valence-corrected chi connectivity index (χ2v) is 3.14. The molecule has 1 amide bonds. The highest BCUT2D eigenvalue weighted by Gasteiger charge is 2.07. The van der Waals surface area contributed by atoms with Crippen molar-refractivity contribution in [1.82, 2.24) is 9.97 Å². The highest BCUT2D eigenvalue weighted by atomic mass is 79.9. The number of primary amides is 1. The first-order valence-electron chi connectivity index (χ1n) is 3.64. The number of hydrogen-bond acceptors (Lipinski definition) is 6. The lowest BCUT2D eigenvalue weighted by molar-refractivity contribution is -0.116. The summed E-state index contributed by atoms with van der Waals surface area (Å²) < 4.78 is 0.545.